The zero-order valence-electron chi connectivity index (χ0n) is 15.4. The lowest BCUT2D eigenvalue weighted by Gasteiger charge is -2.26. The van der Waals surface area contributed by atoms with Crippen molar-refractivity contribution >= 4 is 43.6 Å². The van der Waals surface area contributed by atoms with Gasteiger partial charge in [-0.15, -0.1) is 0 Å². The van der Waals surface area contributed by atoms with Gasteiger partial charge in [0.1, 0.15) is 0 Å². The molecule has 1 aliphatic heterocycles. The number of rotatable bonds is 5. The van der Waals surface area contributed by atoms with Crippen LogP contribution in [0.4, 0.5) is 5.69 Å². The van der Waals surface area contributed by atoms with Crippen LogP contribution in [0.5, 0.6) is 0 Å². The fraction of sp³-hybridized carbons (Fsp3) is 0.250. The molecule has 2 aromatic rings. The van der Waals surface area contributed by atoms with Gasteiger partial charge >= 0.3 is 0 Å². The number of morpholine rings is 1. The molecule has 1 aliphatic rings. The maximum Gasteiger partial charge on any atom is 0.248 e. The van der Waals surface area contributed by atoms with Crippen LogP contribution in [-0.4, -0.2) is 44.9 Å². The molecule has 8 heteroatoms. The second-order valence-electron chi connectivity index (χ2n) is 6.37. The van der Waals surface area contributed by atoms with Gasteiger partial charge in [0, 0.05) is 29.3 Å². The number of ether oxygens (including phenoxy) is 1. The number of halogens is 1. The molecule has 0 bridgehead atoms. The predicted octanol–water partition coefficient (Wildman–Crippen LogP) is 3.43. The lowest BCUT2D eigenvalue weighted by molar-refractivity contribution is -0.111. The Morgan fingerprint density at radius 2 is 1.82 bits per heavy atom. The Bertz CT molecular complexity index is 982. The fourth-order valence-corrected chi connectivity index (χ4v) is 4.50. The number of anilines is 1. The Morgan fingerprint density at radius 3 is 2.46 bits per heavy atom. The van der Waals surface area contributed by atoms with Crippen LogP contribution < -0.4 is 5.32 Å². The van der Waals surface area contributed by atoms with E-state index in [1.165, 1.54) is 10.4 Å². The lowest BCUT2D eigenvalue weighted by atomic mass is 10.2. The van der Waals surface area contributed by atoms with Gasteiger partial charge in [-0.25, -0.2) is 8.42 Å². The van der Waals surface area contributed by atoms with Crippen molar-refractivity contribution in [2.45, 2.75) is 11.8 Å². The molecule has 0 spiro atoms. The van der Waals surface area contributed by atoms with E-state index in [2.05, 4.69) is 21.2 Å². The Morgan fingerprint density at radius 1 is 1.14 bits per heavy atom. The number of hydrogen-bond acceptors (Lipinski definition) is 4. The van der Waals surface area contributed by atoms with Crippen molar-refractivity contribution in [2.75, 3.05) is 31.6 Å². The summed E-state index contributed by atoms with van der Waals surface area (Å²) in [6.45, 7) is 3.51. The van der Waals surface area contributed by atoms with Gasteiger partial charge in [0.15, 0.2) is 0 Å². The normalized spacial score (nSPS) is 15.6. The SMILES string of the molecule is Cc1ccc(NC(=O)C=Cc2ccc(S(=O)(=O)N3CCOCC3)cc2)cc1Br. The zero-order valence-corrected chi connectivity index (χ0v) is 17.8. The first kappa shape index (κ1) is 20.7. The molecular formula is C20H21BrN2O4S. The molecule has 0 atom stereocenters. The van der Waals surface area contributed by atoms with Gasteiger partial charge in [-0.2, -0.15) is 4.31 Å². The van der Waals surface area contributed by atoms with E-state index in [1.54, 1.807) is 30.3 Å². The number of hydrogen-bond donors (Lipinski definition) is 1. The average Bonchev–Trinajstić information content (AvgIpc) is 2.70. The van der Waals surface area contributed by atoms with Gasteiger partial charge in [-0.3, -0.25) is 4.79 Å². The van der Waals surface area contributed by atoms with E-state index in [9.17, 15) is 13.2 Å². The van der Waals surface area contributed by atoms with E-state index in [1.807, 2.05) is 25.1 Å². The maximum absolute atomic E-state index is 12.6. The van der Waals surface area contributed by atoms with Gasteiger partial charge in [0.25, 0.3) is 0 Å². The topological polar surface area (TPSA) is 75.7 Å². The number of amides is 1. The van der Waals surface area contributed by atoms with Crippen LogP contribution in [0.2, 0.25) is 0 Å². The van der Waals surface area contributed by atoms with E-state index in [-0.39, 0.29) is 10.8 Å². The van der Waals surface area contributed by atoms with E-state index < -0.39 is 10.0 Å². The van der Waals surface area contributed by atoms with Crippen molar-refractivity contribution in [3.05, 3.63) is 64.1 Å². The van der Waals surface area contributed by atoms with Crippen LogP contribution in [0.25, 0.3) is 6.08 Å². The quantitative estimate of drug-likeness (QED) is 0.687. The molecule has 28 heavy (non-hydrogen) atoms. The van der Waals surface area contributed by atoms with Gasteiger partial charge in [-0.05, 0) is 48.4 Å². The lowest BCUT2D eigenvalue weighted by Crippen LogP contribution is -2.40. The molecule has 1 amide bonds. The molecule has 1 heterocycles. The largest absolute Gasteiger partial charge is 0.379 e. The Labute approximate surface area is 173 Å². The summed E-state index contributed by atoms with van der Waals surface area (Å²) in [4.78, 5) is 12.3. The molecule has 0 unspecified atom stereocenters. The maximum atomic E-state index is 12.6. The van der Waals surface area contributed by atoms with E-state index in [4.69, 9.17) is 4.74 Å². The number of nitrogens with one attached hydrogen (secondary N) is 1. The highest BCUT2D eigenvalue weighted by Crippen LogP contribution is 2.21. The van der Waals surface area contributed by atoms with Crippen LogP contribution >= 0.6 is 15.9 Å². The standard InChI is InChI=1S/C20H21BrN2O4S/c1-15-2-6-17(14-19(15)21)22-20(24)9-5-16-3-7-18(8-4-16)28(25,26)23-10-12-27-13-11-23/h2-9,14H,10-13H2,1H3,(H,22,24). The third-order valence-electron chi connectivity index (χ3n) is 4.35. The smallest absolute Gasteiger partial charge is 0.248 e. The first-order valence-electron chi connectivity index (χ1n) is 8.79. The molecule has 0 aliphatic carbocycles. The summed E-state index contributed by atoms with van der Waals surface area (Å²) in [5.74, 6) is -0.263. The first-order chi connectivity index (χ1) is 13.4. The molecule has 1 fully saturated rings. The molecule has 2 aromatic carbocycles. The first-order valence-corrected chi connectivity index (χ1v) is 11.0. The summed E-state index contributed by atoms with van der Waals surface area (Å²) in [5.41, 5.74) is 2.51. The minimum Gasteiger partial charge on any atom is -0.379 e. The fourth-order valence-electron chi connectivity index (χ4n) is 2.71. The van der Waals surface area contributed by atoms with Gasteiger partial charge < -0.3 is 10.1 Å². The average molecular weight is 465 g/mol. The number of sulfonamides is 1. The molecule has 1 N–H and O–H groups in total. The third-order valence-corrected chi connectivity index (χ3v) is 7.12. The molecule has 148 valence electrons. The zero-order chi connectivity index (χ0) is 20.1. The minimum atomic E-state index is -3.51. The van der Waals surface area contributed by atoms with E-state index >= 15 is 0 Å². The summed E-state index contributed by atoms with van der Waals surface area (Å²) in [7, 11) is -3.51. The summed E-state index contributed by atoms with van der Waals surface area (Å²) in [6.07, 6.45) is 3.06. The minimum absolute atomic E-state index is 0.237. The Hall–Kier alpha value is -2.00. The van der Waals surface area contributed by atoms with Crippen molar-refractivity contribution in [2.24, 2.45) is 0 Å². The highest BCUT2D eigenvalue weighted by molar-refractivity contribution is 9.10. The molecule has 0 saturated carbocycles. The predicted molar refractivity (Wildman–Crippen MR) is 113 cm³/mol. The third kappa shape index (κ3) is 5.08. The van der Waals surface area contributed by atoms with Gasteiger partial charge in [0.05, 0.1) is 18.1 Å². The summed E-state index contributed by atoms with van der Waals surface area (Å²) >= 11 is 3.43. The van der Waals surface area contributed by atoms with Crippen molar-refractivity contribution in [3.8, 4) is 0 Å². The highest BCUT2D eigenvalue weighted by atomic mass is 79.9. The van der Waals surface area contributed by atoms with Crippen molar-refractivity contribution in [1.82, 2.24) is 4.31 Å². The Balaban J connectivity index is 1.64. The van der Waals surface area contributed by atoms with Crippen LogP contribution in [0.1, 0.15) is 11.1 Å². The molecule has 6 nitrogen and oxygen atoms in total. The summed E-state index contributed by atoms with van der Waals surface area (Å²) in [6, 6.07) is 12.1. The number of aryl methyl sites for hydroxylation is 1. The monoisotopic (exact) mass is 464 g/mol. The van der Waals surface area contributed by atoms with Crippen LogP contribution in [0, 0.1) is 6.92 Å². The van der Waals surface area contributed by atoms with Crippen molar-refractivity contribution in [1.29, 1.82) is 0 Å². The van der Waals surface area contributed by atoms with Crippen LogP contribution in [-0.2, 0) is 19.6 Å². The van der Waals surface area contributed by atoms with Gasteiger partial charge in [0.2, 0.25) is 15.9 Å². The number of nitrogens with zero attached hydrogens (tertiary/aromatic N) is 1. The second kappa shape index (κ2) is 9.00. The number of benzene rings is 2. The molecule has 1 saturated heterocycles. The Kier molecular flexibility index (Phi) is 6.66. The molecule has 0 radical (unpaired) electrons. The van der Waals surface area contributed by atoms with Crippen molar-refractivity contribution < 1.29 is 17.9 Å². The number of carbonyl (C=O) groups is 1. The van der Waals surface area contributed by atoms with Crippen LogP contribution in [0.3, 0.4) is 0 Å². The number of carbonyl (C=O) groups excluding carboxylic acids is 1. The van der Waals surface area contributed by atoms with Gasteiger partial charge in [-0.1, -0.05) is 34.1 Å². The highest BCUT2D eigenvalue weighted by Gasteiger charge is 2.25. The molecule has 3 rings (SSSR count). The van der Waals surface area contributed by atoms with Crippen molar-refractivity contribution in [3.63, 3.8) is 0 Å². The van der Waals surface area contributed by atoms with Crippen LogP contribution in [0.15, 0.2) is 57.9 Å². The summed E-state index contributed by atoms with van der Waals surface area (Å²) < 4.78 is 32.8. The summed E-state index contributed by atoms with van der Waals surface area (Å²) in [5, 5.41) is 2.79. The second-order valence-corrected chi connectivity index (χ2v) is 9.16. The molecule has 0 aromatic heterocycles. The molecular weight excluding hydrogens is 444 g/mol. The van der Waals surface area contributed by atoms with E-state index in [0.29, 0.717) is 32.0 Å². The van der Waals surface area contributed by atoms with E-state index in [0.717, 1.165) is 15.6 Å².